The fraction of sp³-hybridized carbons (Fsp3) is 0.600. The molecule has 0 aliphatic heterocycles. The van der Waals surface area contributed by atoms with E-state index in [0.717, 1.165) is 12.8 Å². The molecule has 0 fully saturated rings. The Kier molecular flexibility index (Phi) is 4.05. The highest BCUT2D eigenvalue weighted by Crippen LogP contribution is 2.41. The highest BCUT2D eigenvalue weighted by Gasteiger charge is 2.31. The lowest BCUT2D eigenvalue weighted by atomic mass is 9.71. The average molecular weight is 249 g/mol. The minimum absolute atomic E-state index is 0.188. The fourth-order valence-electron chi connectivity index (χ4n) is 2.77. The number of hydrogen-bond donors (Lipinski definition) is 3. The fourth-order valence-corrected chi connectivity index (χ4v) is 2.77. The van der Waals surface area contributed by atoms with E-state index < -0.39 is 6.10 Å². The number of fused-ring (bicyclic) bond motifs is 1. The van der Waals surface area contributed by atoms with Crippen LogP contribution in [-0.2, 0) is 5.41 Å². The molecular formula is C15H23NO2. The first kappa shape index (κ1) is 13.5. The number of rotatable bonds is 4. The van der Waals surface area contributed by atoms with Gasteiger partial charge in [-0.15, -0.1) is 0 Å². The van der Waals surface area contributed by atoms with E-state index in [9.17, 15) is 5.11 Å². The van der Waals surface area contributed by atoms with Crippen LogP contribution in [0.2, 0.25) is 0 Å². The van der Waals surface area contributed by atoms with Gasteiger partial charge in [-0.1, -0.05) is 38.1 Å². The lowest BCUT2D eigenvalue weighted by Gasteiger charge is -2.37. The molecule has 1 aromatic rings. The lowest BCUT2D eigenvalue weighted by molar-refractivity contribution is 0.0907. The summed E-state index contributed by atoms with van der Waals surface area (Å²) >= 11 is 0. The second-order valence-electron chi connectivity index (χ2n) is 5.81. The Labute approximate surface area is 109 Å². The van der Waals surface area contributed by atoms with Crippen LogP contribution in [-0.4, -0.2) is 29.5 Å². The van der Waals surface area contributed by atoms with Crippen LogP contribution in [0, 0.1) is 0 Å². The van der Waals surface area contributed by atoms with E-state index >= 15 is 0 Å². The molecule has 2 rings (SSSR count). The lowest BCUT2D eigenvalue weighted by Crippen LogP contribution is -2.37. The Balaban J connectivity index is 2.15. The van der Waals surface area contributed by atoms with Gasteiger partial charge < -0.3 is 15.5 Å². The number of benzene rings is 1. The zero-order valence-corrected chi connectivity index (χ0v) is 11.2. The Hall–Kier alpha value is -0.900. The normalized spacial score (nSPS) is 23.4. The standard InChI is InChI=1S/C15H23NO2/c1-15(2)8-7-14(16-9-11(18)10-17)12-5-3-4-6-13(12)15/h3-6,11,14,16-18H,7-10H2,1-2H3. The third kappa shape index (κ3) is 2.74. The van der Waals surface area contributed by atoms with Crippen LogP contribution in [0.25, 0.3) is 0 Å². The van der Waals surface area contributed by atoms with E-state index in [2.05, 4.69) is 43.4 Å². The molecule has 1 aliphatic rings. The monoisotopic (exact) mass is 249 g/mol. The van der Waals surface area contributed by atoms with Crippen LogP contribution in [0.1, 0.15) is 43.9 Å². The smallest absolute Gasteiger partial charge is 0.0895 e. The molecule has 0 bridgehead atoms. The predicted molar refractivity (Wildman–Crippen MR) is 72.5 cm³/mol. The molecule has 0 aromatic heterocycles. The van der Waals surface area contributed by atoms with Crippen molar-refractivity contribution >= 4 is 0 Å². The second-order valence-corrected chi connectivity index (χ2v) is 5.81. The van der Waals surface area contributed by atoms with E-state index in [-0.39, 0.29) is 18.1 Å². The van der Waals surface area contributed by atoms with Crippen molar-refractivity contribution in [1.82, 2.24) is 5.32 Å². The third-order valence-electron chi connectivity index (χ3n) is 3.93. The summed E-state index contributed by atoms with van der Waals surface area (Å²) in [7, 11) is 0. The van der Waals surface area contributed by atoms with Crippen molar-refractivity contribution in [2.24, 2.45) is 0 Å². The van der Waals surface area contributed by atoms with E-state index in [1.807, 2.05) is 0 Å². The van der Waals surface area contributed by atoms with Crippen molar-refractivity contribution in [3.8, 4) is 0 Å². The zero-order valence-electron chi connectivity index (χ0n) is 11.2. The van der Waals surface area contributed by atoms with Crippen LogP contribution in [0.5, 0.6) is 0 Å². The van der Waals surface area contributed by atoms with E-state index in [1.165, 1.54) is 11.1 Å². The summed E-state index contributed by atoms with van der Waals surface area (Å²) in [6.45, 7) is 4.82. The first-order chi connectivity index (χ1) is 8.54. The molecular weight excluding hydrogens is 226 g/mol. The predicted octanol–water partition coefficient (Wildman–Crippen LogP) is 1.74. The number of hydrogen-bond acceptors (Lipinski definition) is 3. The number of nitrogens with one attached hydrogen (secondary N) is 1. The van der Waals surface area contributed by atoms with E-state index in [1.54, 1.807) is 0 Å². The molecule has 0 saturated carbocycles. The van der Waals surface area contributed by atoms with Gasteiger partial charge in [0.2, 0.25) is 0 Å². The molecule has 3 heteroatoms. The van der Waals surface area contributed by atoms with Crippen molar-refractivity contribution in [3.05, 3.63) is 35.4 Å². The first-order valence-electron chi connectivity index (χ1n) is 6.66. The molecule has 2 unspecified atom stereocenters. The van der Waals surface area contributed by atoms with Gasteiger partial charge in [0.05, 0.1) is 12.7 Å². The van der Waals surface area contributed by atoms with Gasteiger partial charge in [-0.05, 0) is 29.4 Å². The van der Waals surface area contributed by atoms with Crippen LogP contribution in [0.3, 0.4) is 0 Å². The molecule has 1 aliphatic carbocycles. The summed E-state index contributed by atoms with van der Waals surface area (Å²) in [5.41, 5.74) is 2.95. The zero-order chi connectivity index (χ0) is 13.2. The number of aliphatic hydroxyl groups excluding tert-OH is 2. The highest BCUT2D eigenvalue weighted by molar-refractivity contribution is 5.38. The van der Waals surface area contributed by atoms with E-state index in [4.69, 9.17) is 5.11 Å². The van der Waals surface area contributed by atoms with Crippen molar-refractivity contribution in [2.45, 2.75) is 44.2 Å². The Morgan fingerprint density at radius 3 is 2.83 bits per heavy atom. The first-order valence-corrected chi connectivity index (χ1v) is 6.66. The topological polar surface area (TPSA) is 52.5 Å². The van der Waals surface area contributed by atoms with Gasteiger partial charge in [-0.2, -0.15) is 0 Å². The molecule has 0 spiro atoms. The van der Waals surface area contributed by atoms with Crippen LogP contribution in [0.4, 0.5) is 0 Å². The highest BCUT2D eigenvalue weighted by atomic mass is 16.3. The summed E-state index contributed by atoms with van der Waals surface area (Å²) in [6, 6.07) is 8.81. The summed E-state index contributed by atoms with van der Waals surface area (Å²) in [6.07, 6.45) is 1.53. The molecule has 1 aromatic carbocycles. The molecule has 100 valence electrons. The summed E-state index contributed by atoms with van der Waals surface area (Å²) < 4.78 is 0. The number of aliphatic hydroxyl groups is 2. The Morgan fingerprint density at radius 2 is 2.11 bits per heavy atom. The molecule has 2 atom stereocenters. The van der Waals surface area contributed by atoms with Crippen molar-refractivity contribution < 1.29 is 10.2 Å². The summed E-state index contributed by atoms with van der Waals surface area (Å²) in [4.78, 5) is 0. The SMILES string of the molecule is CC1(C)CCC(NCC(O)CO)c2ccccc21. The van der Waals surface area contributed by atoms with Crippen LogP contribution >= 0.6 is 0 Å². The van der Waals surface area contributed by atoms with Gasteiger partial charge >= 0.3 is 0 Å². The molecule has 3 nitrogen and oxygen atoms in total. The van der Waals surface area contributed by atoms with Gasteiger partial charge in [0, 0.05) is 12.6 Å². The van der Waals surface area contributed by atoms with E-state index in [0.29, 0.717) is 6.54 Å². The largest absolute Gasteiger partial charge is 0.394 e. The van der Waals surface area contributed by atoms with Gasteiger partial charge in [-0.3, -0.25) is 0 Å². The Morgan fingerprint density at radius 1 is 1.39 bits per heavy atom. The van der Waals surface area contributed by atoms with Crippen molar-refractivity contribution in [1.29, 1.82) is 0 Å². The van der Waals surface area contributed by atoms with Gasteiger partial charge in [0.1, 0.15) is 0 Å². The average Bonchev–Trinajstić information content (AvgIpc) is 2.38. The minimum Gasteiger partial charge on any atom is -0.394 e. The summed E-state index contributed by atoms with van der Waals surface area (Å²) in [5, 5.41) is 21.6. The molecule has 0 saturated heterocycles. The van der Waals surface area contributed by atoms with Crippen LogP contribution < -0.4 is 5.32 Å². The Bertz CT molecular complexity index is 403. The minimum atomic E-state index is -0.674. The van der Waals surface area contributed by atoms with Crippen LogP contribution in [0.15, 0.2) is 24.3 Å². The van der Waals surface area contributed by atoms with Crippen molar-refractivity contribution in [2.75, 3.05) is 13.2 Å². The molecule has 0 amide bonds. The van der Waals surface area contributed by atoms with Crippen molar-refractivity contribution in [3.63, 3.8) is 0 Å². The van der Waals surface area contributed by atoms with Gasteiger partial charge in [0.15, 0.2) is 0 Å². The van der Waals surface area contributed by atoms with Gasteiger partial charge in [0.25, 0.3) is 0 Å². The van der Waals surface area contributed by atoms with Gasteiger partial charge in [-0.25, -0.2) is 0 Å². The molecule has 18 heavy (non-hydrogen) atoms. The maximum absolute atomic E-state index is 9.43. The molecule has 0 heterocycles. The molecule has 0 radical (unpaired) electrons. The maximum Gasteiger partial charge on any atom is 0.0895 e. The molecule has 3 N–H and O–H groups in total. The third-order valence-corrected chi connectivity index (χ3v) is 3.93. The second kappa shape index (κ2) is 5.39. The maximum atomic E-state index is 9.43. The summed E-state index contributed by atoms with van der Waals surface area (Å²) in [5.74, 6) is 0. The quantitative estimate of drug-likeness (QED) is 0.762.